The van der Waals surface area contributed by atoms with Crippen molar-refractivity contribution < 1.29 is 28.3 Å². The second kappa shape index (κ2) is 11.1. The highest BCUT2D eigenvalue weighted by atomic mass is 35.5. The zero-order valence-electron chi connectivity index (χ0n) is 18.2. The fourth-order valence-electron chi connectivity index (χ4n) is 2.56. The van der Waals surface area contributed by atoms with E-state index >= 15 is 0 Å². The molecule has 3 N–H and O–H groups in total. The Kier molecular flexibility index (Phi) is 8.80. The van der Waals surface area contributed by atoms with E-state index in [1.165, 1.54) is 18.2 Å². The van der Waals surface area contributed by atoms with Gasteiger partial charge < -0.3 is 25.0 Å². The Bertz CT molecular complexity index is 957. The van der Waals surface area contributed by atoms with Crippen LogP contribution in [0.2, 0.25) is 5.02 Å². The molecule has 0 saturated carbocycles. The smallest absolute Gasteiger partial charge is 0.290 e. The van der Waals surface area contributed by atoms with E-state index in [0.717, 1.165) is 6.07 Å². The minimum absolute atomic E-state index is 0.0493. The van der Waals surface area contributed by atoms with E-state index < -0.39 is 29.8 Å². The Morgan fingerprint density at radius 2 is 2.09 bits per heavy atom. The fourth-order valence-corrected chi connectivity index (χ4v) is 2.68. The largest absolute Gasteiger partial charge is 0.484 e. The van der Waals surface area contributed by atoms with Crippen molar-refractivity contribution in [2.45, 2.75) is 44.8 Å². The number of ether oxygens (including phenoxy) is 1. The number of nitrogens with one attached hydrogen (secondary N) is 2. The minimum Gasteiger partial charge on any atom is -0.484 e. The van der Waals surface area contributed by atoms with Gasteiger partial charge in [0.25, 0.3) is 11.8 Å². The lowest BCUT2D eigenvalue weighted by atomic mass is 9.92. The molecule has 0 spiro atoms. The molecule has 0 fully saturated rings. The second-order valence-electron chi connectivity index (χ2n) is 8.20. The molecule has 0 aliphatic heterocycles. The van der Waals surface area contributed by atoms with Crippen LogP contribution in [0.4, 0.5) is 4.39 Å². The molecule has 174 valence electrons. The van der Waals surface area contributed by atoms with Crippen LogP contribution >= 0.6 is 11.6 Å². The first kappa shape index (κ1) is 25.4. The third-order valence-corrected chi connectivity index (χ3v) is 4.73. The molecule has 0 saturated heterocycles. The predicted octanol–water partition coefficient (Wildman–Crippen LogP) is 3.00. The number of amides is 2. The van der Waals surface area contributed by atoms with Gasteiger partial charge in [-0.2, -0.15) is 0 Å². The van der Waals surface area contributed by atoms with Crippen molar-refractivity contribution in [2.75, 3.05) is 13.2 Å². The molecule has 2 unspecified atom stereocenters. The normalized spacial score (nSPS) is 13.2. The highest BCUT2D eigenvalue weighted by Crippen LogP contribution is 2.22. The lowest BCUT2D eigenvalue weighted by Crippen LogP contribution is -2.40. The van der Waals surface area contributed by atoms with E-state index in [0.29, 0.717) is 5.69 Å². The van der Waals surface area contributed by atoms with Gasteiger partial charge in [-0.05, 0) is 18.6 Å². The predicted molar refractivity (Wildman–Crippen MR) is 117 cm³/mol. The van der Waals surface area contributed by atoms with Crippen LogP contribution in [0.1, 0.15) is 43.4 Å². The quantitative estimate of drug-likeness (QED) is 0.463. The Morgan fingerprint density at radius 3 is 2.69 bits per heavy atom. The van der Waals surface area contributed by atoms with Gasteiger partial charge in [0.05, 0.1) is 16.8 Å². The number of halogens is 2. The zero-order chi connectivity index (χ0) is 23.9. The average Bonchev–Trinajstić information content (AvgIpc) is 3.23. The van der Waals surface area contributed by atoms with E-state index in [2.05, 4.69) is 22.4 Å². The summed E-state index contributed by atoms with van der Waals surface area (Å²) in [7, 11) is 0. The molecular weight excluding hydrogens is 441 g/mol. The van der Waals surface area contributed by atoms with E-state index in [1.807, 2.05) is 20.8 Å². The lowest BCUT2D eigenvalue weighted by molar-refractivity contribution is -0.123. The van der Waals surface area contributed by atoms with E-state index in [1.54, 1.807) is 6.07 Å². The van der Waals surface area contributed by atoms with Crippen molar-refractivity contribution in [3.63, 3.8) is 0 Å². The summed E-state index contributed by atoms with van der Waals surface area (Å²) in [6.07, 6.45) is 0.622. The molecule has 2 aromatic rings. The van der Waals surface area contributed by atoms with E-state index in [4.69, 9.17) is 20.9 Å². The number of aromatic nitrogens is 1. The van der Waals surface area contributed by atoms with Crippen molar-refractivity contribution in [3.8, 4) is 5.75 Å². The number of aliphatic hydroxyl groups excluding tert-OH is 1. The van der Waals surface area contributed by atoms with Crippen molar-refractivity contribution >= 4 is 23.4 Å². The third kappa shape index (κ3) is 7.65. The monoisotopic (exact) mass is 467 g/mol. The first-order valence-corrected chi connectivity index (χ1v) is 10.3. The summed E-state index contributed by atoms with van der Waals surface area (Å²) < 4.78 is 23.7. The molecule has 0 aliphatic carbocycles. The third-order valence-electron chi connectivity index (χ3n) is 4.43. The molecule has 0 aliphatic rings. The summed E-state index contributed by atoms with van der Waals surface area (Å²) in [5.41, 5.74) is 0.379. The summed E-state index contributed by atoms with van der Waals surface area (Å²) in [5.74, 6) is -1.44. The van der Waals surface area contributed by atoms with E-state index in [-0.39, 0.29) is 41.5 Å². The Balaban J connectivity index is 1.77. The average molecular weight is 468 g/mol. The molecular formula is C22H27ClFN3O5. The van der Waals surface area contributed by atoms with Crippen molar-refractivity contribution in [3.05, 3.63) is 59.2 Å². The molecule has 2 atom stereocenters. The van der Waals surface area contributed by atoms with Gasteiger partial charge in [-0.15, -0.1) is 6.58 Å². The Morgan fingerprint density at radius 1 is 1.38 bits per heavy atom. The van der Waals surface area contributed by atoms with Crippen molar-refractivity contribution in [1.82, 2.24) is 15.8 Å². The molecule has 32 heavy (non-hydrogen) atoms. The topological polar surface area (TPSA) is 114 Å². The number of hydrogen-bond acceptors (Lipinski definition) is 6. The maximum absolute atomic E-state index is 13.4. The fraction of sp³-hybridized carbons (Fsp3) is 0.409. The number of nitrogens with zero attached hydrogens (tertiary/aromatic N) is 1. The number of hydrogen-bond donors (Lipinski definition) is 3. The van der Waals surface area contributed by atoms with Crippen LogP contribution in [-0.2, 0) is 10.2 Å². The molecule has 10 heteroatoms. The summed E-state index contributed by atoms with van der Waals surface area (Å²) in [5, 5.41) is 19.2. The zero-order valence-corrected chi connectivity index (χ0v) is 18.9. The minimum atomic E-state index is -0.963. The first-order valence-electron chi connectivity index (χ1n) is 9.93. The molecule has 1 aromatic carbocycles. The number of aliphatic hydroxyl groups is 1. The molecule has 2 amide bonds. The van der Waals surface area contributed by atoms with Gasteiger partial charge in [-0.3, -0.25) is 9.59 Å². The van der Waals surface area contributed by atoms with Crippen LogP contribution in [0, 0.1) is 5.82 Å². The van der Waals surface area contributed by atoms with Crippen molar-refractivity contribution in [1.29, 1.82) is 0 Å². The van der Waals surface area contributed by atoms with Gasteiger partial charge in [0.1, 0.15) is 11.6 Å². The second-order valence-corrected chi connectivity index (χ2v) is 8.61. The summed E-state index contributed by atoms with van der Waals surface area (Å²) in [4.78, 5) is 24.3. The first-order chi connectivity index (χ1) is 15.0. The number of benzene rings is 1. The van der Waals surface area contributed by atoms with Crippen LogP contribution in [0.25, 0.3) is 0 Å². The van der Waals surface area contributed by atoms with Crippen LogP contribution in [0.3, 0.4) is 0 Å². The van der Waals surface area contributed by atoms with E-state index in [9.17, 15) is 19.1 Å². The van der Waals surface area contributed by atoms with Crippen LogP contribution in [0.5, 0.6) is 5.75 Å². The molecule has 1 aromatic heterocycles. The van der Waals surface area contributed by atoms with Crippen LogP contribution in [-0.4, -0.2) is 47.4 Å². The Labute approximate surface area is 190 Å². The number of carbonyl (C=O) groups excluding carboxylic acids is 2. The van der Waals surface area contributed by atoms with Crippen LogP contribution in [0.15, 0.2) is 41.4 Å². The number of rotatable bonds is 10. The molecule has 0 bridgehead atoms. The molecule has 2 rings (SSSR count). The highest BCUT2D eigenvalue weighted by Gasteiger charge is 2.23. The number of carbonyl (C=O) groups is 2. The SMILES string of the molecule is C=CC(CC(O)CNC(=O)COc1ccc(Cl)c(F)c1)NC(=O)c1cc(C(C)(C)C)no1. The molecule has 1 heterocycles. The standard InChI is InChI=1S/C22H27ClFN3O5/c1-5-13(26-21(30)18-10-19(27-32-18)22(2,3)4)8-14(28)11-25-20(29)12-31-15-6-7-16(23)17(24)9-15/h5-7,9-10,13-14,28H,1,8,11-12H2,2-4H3,(H,25,29)(H,26,30). The van der Waals surface area contributed by atoms with Gasteiger partial charge in [0.2, 0.25) is 5.76 Å². The van der Waals surface area contributed by atoms with Gasteiger partial charge in [0, 0.05) is 30.1 Å². The van der Waals surface area contributed by atoms with Gasteiger partial charge in [-0.1, -0.05) is 43.6 Å². The maximum Gasteiger partial charge on any atom is 0.290 e. The lowest BCUT2D eigenvalue weighted by Gasteiger charge is -2.18. The van der Waals surface area contributed by atoms with Gasteiger partial charge in [0.15, 0.2) is 6.61 Å². The summed E-state index contributed by atoms with van der Waals surface area (Å²) in [6, 6.07) is 4.83. The summed E-state index contributed by atoms with van der Waals surface area (Å²) >= 11 is 5.59. The highest BCUT2D eigenvalue weighted by molar-refractivity contribution is 6.30. The summed E-state index contributed by atoms with van der Waals surface area (Å²) in [6.45, 7) is 9.06. The van der Waals surface area contributed by atoms with Crippen LogP contribution < -0.4 is 15.4 Å². The van der Waals surface area contributed by atoms with Gasteiger partial charge >= 0.3 is 0 Å². The molecule has 8 nitrogen and oxygen atoms in total. The van der Waals surface area contributed by atoms with Crippen molar-refractivity contribution in [2.24, 2.45) is 0 Å². The Hall–Kier alpha value is -2.91. The molecule has 0 radical (unpaired) electrons. The maximum atomic E-state index is 13.4. The van der Waals surface area contributed by atoms with Gasteiger partial charge in [-0.25, -0.2) is 4.39 Å².